The predicted molar refractivity (Wildman–Crippen MR) is 97.0 cm³/mol. The van der Waals surface area contributed by atoms with Gasteiger partial charge < -0.3 is 9.84 Å². The number of hydrogen-bond acceptors (Lipinski definition) is 4. The number of carbonyl (C=O) groups excluding carboxylic acids is 1. The van der Waals surface area contributed by atoms with E-state index < -0.39 is 23.7 Å². The van der Waals surface area contributed by atoms with E-state index in [1.54, 1.807) is 43.5 Å². The molecule has 1 aliphatic heterocycles. The number of rotatable bonds is 6. The molecular weight excluding hydrogens is 351 g/mol. The van der Waals surface area contributed by atoms with Gasteiger partial charge in [-0.05, 0) is 42.0 Å². The Morgan fingerprint density at radius 1 is 1.15 bits per heavy atom. The standard InChI is InChI=1S/C20H19FN2O4/c1-27-14-8-6-13(7-9-14)17-12-18(15-4-2-3-5-16(15)21)23(22-17)19(24)10-11-20(25)26/h2-9,12,18,22H,10-11H2,1H3,(H,25,26). The quantitative estimate of drug-likeness (QED) is 0.817. The number of nitrogens with zero attached hydrogens (tertiary/aromatic N) is 1. The number of carbonyl (C=O) groups is 2. The smallest absolute Gasteiger partial charge is 0.303 e. The molecule has 6 nitrogen and oxygen atoms in total. The molecule has 1 atom stereocenters. The summed E-state index contributed by atoms with van der Waals surface area (Å²) in [6.07, 6.45) is 1.27. The lowest BCUT2D eigenvalue weighted by molar-refractivity contribution is -0.142. The first kappa shape index (κ1) is 18.4. The lowest BCUT2D eigenvalue weighted by atomic mass is 10.0. The molecule has 3 rings (SSSR count). The third-order valence-electron chi connectivity index (χ3n) is 4.29. The van der Waals surface area contributed by atoms with E-state index in [-0.39, 0.29) is 12.8 Å². The van der Waals surface area contributed by atoms with Crippen molar-refractivity contribution >= 4 is 17.6 Å². The molecule has 1 heterocycles. The van der Waals surface area contributed by atoms with Gasteiger partial charge in [0.15, 0.2) is 0 Å². The van der Waals surface area contributed by atoms with E-state index >= 15 is 0 Å². The van der Waals surface area contributed by atoms with Gasteiger partial charge >= 0.3 is 5.97 Å². The molecule has 0 saturated carbocycles. The number of benzene rings is 2. The Hall–Kier alpha value is -3.35. The van der Waals surface area contributed by atoms with Crippen molar-refractivity contribution in [3.63, 3.8) is 0 Å². The molecule has 2 aromatic rings. The SMILES string of the molecule is COc1ccc(C2=CC(c3ccccc3F)N(C(=O)CCC(=O)O)N2)cc1. The third-order valence-corrected chi connectivity index (χ3v) is 4.29. The maximum atomic E-state index is 14.3. The highest BCUT2D eigenvalue weighted by Gasteiger charge is 2.32. The number of halogens is 1. The zero-order valence-electron chi connectivity index (χ0n) is 14.7. The van der Waals surface area contributed by atoms with Crippen LogP contribution in [-0.2, 0) is 9.59 Å². The van der Waals surface area contributed by atoms with Crippen molar-refractivity contribution in [2.45, 2.75) is 18.9 Å². The van der Waals surface area contributed by atoms with Crippen molar-refractivity contribution < 1.29 is 23.8 Å². The van der Waals surface area contributed by atoms with Crippen LogP contribution >= 0.6 is 0 Å². The lowest BCUT2D eigenvalue weighted by Crippen LogP contribution is -2.39. The largest absolute Gasteiger partial charge is 0.497 e. The Labute approximate surface area is 155 Å². The normalized spacial score (nSPS) is 15.9. The second-order valence-electron chi connectivity index (χ2n) is 6.04. The fraction of sp³-hybridized carbons (Fsp3) is 0.200. The second kappa shape index (κ2) is 7.90. The Morgan fingerprint density at radius 2 is 1.85 bits per heavy atom. The molecule has 0 saturated heterocycles. The summed E-state index contributed by atoms with van der Waals surface area (Å²) in [6.45, 7) is 0. The summed E-state index contributed by atoms with van der Waals surface area (Å²) in [5.74, 6) is -1.23. The van der Waals surface area contributed by atoms with Crippen molar-refractivity contribution in [1.82, 2.24) is 10.4 Å². The molecule has 7 heteroatoms. The number of aliphatic carboxylic acids is 1. The molecule has 0 spiro atoms. The number of carboxylic acids is 1. The Morgan fingerprint density at radius 3 is 2.48 bits per heavy atom. The first-order valence-electron chi connectivity index (χ1n) is 8.41. The number of carboxylic acid groups (broad SMARTS) is 1. The van der Waals surface area contributed by atoms with Gasteiger partial charge in [-0.1, -0.05) is 18.2 Å². The fourth-order valence-electron chi connectivity index (χ4n) is 2.90. The molecule has 0 bridgehead atoms. The minimum Gasteiger partial charge on any atom is -0.497 e. The van der Waals surface area contributed by atoms with Crippen LogP contribution in [-0.4, -0.2) is 29.1 Å². The summed E-state index contributed by atoms with van der Waals surface area (Å²) in [7, 11) is 1.57. The number of methoxy groups -OCH3 is 1. The van der Waals surface area contributed by atoms with Gasteiger partial charge in [0.1, 0.15) is 17.6 Å². The van der Waals surface area contributed by atoms with Crippen LogP contribution in [0.4, 0.5) is 4.39 Å². The van der Waals surface area contributed by atoms with Gasteiger partial charge in [-0.15, -0.1) is 0 Å². The molecule has 140 valence electrons. The van der Waals surface area contributed by atoms with Crippen LogP contribution in [0.15, 0.2) is 54.6 Å². The van der Waals surface area contributed by atoms with Crippen LogP contribution in [0.3, 0.4) is 0 Å². The van der Waals surface area contributed by atoms with E-state index in [1.165, 1.54) is 11.1 Å². The molecule has 2 N–H and O–H groups in total. The van der Waals surface area contributed by atoms with Crippen LogP contribution in [0, 0.1) is 5.82 Å². The molecule has 27 heavy (non-hydrogen) atoms. The highest BCUT2D eigenvalue weighted by Crippen LogP contribution is 2.33. The first-order valence-corrected chi connectivity index (χ1v) is 8.41. The summed E-state index contributed by atoms with van der Waals surface area (Å²) < 4.78 is 19.5. The van der Waals surface area contributed by atoms with E-state index in [1.807, 2.05) is 12.1 Å². The molecule has 2 aromatic carbocycles. The second-order valence-corrected chi connectivity index (χ2v) is 6.04. The van der Waals surface area contributed by atoms with Crippen LogP contribution in [0.25, 0.3) is 5.70 Å². The molecule has 0 radical (unpaired) electrons. The van der Waals surface area contributed by atoms with E-state index in [0.717, 1.165) is 5.56 Å². The van der Waals surface area contributed by atoms with Crippen molar-refractivity contribution in [3.05, 3.63) is 71.6 Å². The summed E-state index contributed by atoms with van der Waals surface area (Å²) in [4.78, 5) is 23.3. The van der Waals surface area contributed by atoms with Gasteiger partial charge in [-0.25, -0.2) is 9.40 Å². The molecule has 0 aromatic heterocycles. The number of ether oxygens (including phenoxy) is 1. The molecular formula is C20H19FN2O4. The number of amides is 1. The highest BCUT2D eigenvalue weighted by atomic mass is 19.1. The average molecular weight is 370 g/mol. The maximum Gasteiger partial charge on any atom is 0.303 e. The van der Waals surface area contributed by atoms with Crippen LogP contribution in [0.2, 0.25) is 0 Å². The zero-order valence-corrected chi connectivity index (χ0v) is 14.7. The predicted octanol–water partition coefficient (Wildman–Crippen LogP) is 3.13. The van der Waals surface area contributed by atoms with Gasteiger partial charge in [0.25, 0.3) is 0 Å². The summed E-state index contributed by atoms with van der Waals surface area (Å²) in [5, 5.41) is 10.1. The maximum absolute atomic E-state index is 14.3. The molecule has 1 unspecified atom stereocenters. The lowest BCUT2D eigenvalue weighted by Gasteiger charge is -2.25. The average Bonchev–Trinajstić information content (AvgIpc) is 3.11. The number of hydrazine groups is 1. The Bertz CT molecular complexity index is 880. The van der Waals surface area contributed by atoms with Crippen molar-refractivity contribution in [1.29, 1.82) is 0 Å². The van der Waals surface area contributed by atoms with Crippen molar-refractivity contribution in [3.8, 4) is 5.75 Å². The minimum atomic E-state index is -1.06. The number of hydrogen-bond donors (Lipinski definition) is 2. The highest BCUT2D eigenvalue weighted by molar-refractivity contribution is 5.83. The van der Waals surface area contributed by atoms with Crippen LogP contribution in [0.5, 0.6) is 5.75 Å². The van der Waals surface area contributed by atoms with Gasteiger partial charge in [0, 0.05) is 12.0 Å². The molecule has 1 amide bonds. The van der Waals surface area contributed by atoms with E-state index in [2.05, 4.69) is 5.43 Å². The van der Waals surface area contributed by atoms with E-state index in [9.17, 15) is 14.0 Å². The zero-order chi connectivity index (χ0) is 19.4. The van der Waals surface area contributed by atoms with Crippen LogP contribution < -0.4 is 10.2 Å². The van der Waals surface area contributed by atoms with E-state index in [4.69, 9.17) is 9.84 Å². The minimum absolute atomic E-state index is 0.184. The van der Waals surface area contributed by atoms with Crippen molar-refractivity contribution in [2.24, 2.45) is 0 Å². The molecule has 0 aliphatic carbocycles. The molecule has 0 fully saturated rings. The van der Waals surface area contributed by atoms with E-state index in [0.29, 0.717) is 17.0 Å². The summed E-state index contributed by atoms with van der Waals surface area (Å²) in [6, 6.07) is 12.7. The topological polar surface area (TPSA) is 78.9 Å². The Balaban J connectivity index is 1.92. The third kappa shape index (κ3) is 4.08. The van der Waals surface area contributed by atoms with Gasteiger partial charge in [0.2, 0.25) is 5.91 Å². The first-order chi connectivity index (χ1) is 13.0. The fourth-order valence-corrected chi connectivity index (χ4v) is 2.90. The van der Waals surface area contributed by atoms with Gasteiger partial charge in [0.05, 0.1) is 19.2 Å². The Kier molecular flexibility index (Phi) is 5.40. The van der Waals surface area contributed by atoms with Gasteiger partial charge in [-0.2, -0.15) is 0 Å². The number of nitrogens with one attached hydrogen (secondary N) is 1. The van der Waals surface area contributed by atoms with Gasteiger partial charge in [-0.3, -0.25) is 15.0 Å². The van der Waals surface area contributed by atoms with Crippen LogP contribution in [0.1, 0.15) is 30.0 Å². The molecule has 1 aliphatic rings. The summed E-state index contributed by atoms with van der Waals surface area (Å²) >= 11 is 0. The van der Waals surface area contributed by atoms with Crippen molar-refractivity contribution in [2.75, 3.05) is 7.11 Å². The summed E-state index contributed by atoms with van der Waals surface area (Å²) in [5.41, 5.74) is 4.75. The monoisotopic (exact) mass is 370 g/mol.